The van der Waals surface area contributed by atoms with Crippen molar-refractivity contribution in [2.24, 2.45) is 0 Å². The van der Waals surface area contributed by atoms with Crippen LogP contribution in [0.2, 0.25) is 0 Å². The van der Waals surface area contributed by atoms with E-state index in [9.17, 15) is 4.79 Å². The Kier molecular flexibility index (Phi) is 5.50. The summed E-state index contributed by atoms with van der Waals surface area (Å²) in [5, 5.41) is 15.9. The molecule has 124 valence electrons. The molecule has 1 aromatic carbocycles. The number of aromatic nitrogens is 2. The van der Waals surface area contributed by atoms with Gasteiger partial charge in [-0.05, 0) is 24.1 Å². The number of hydrogen-bond donors (Lipinski definition) is 2. The van der Waals surface area contributed by atoms with E-state index in [0.29, 0.717) is 36.7 Å². The van der Waals surface area contributed by atoms with Crippen LogP contribution in [0.15, 0.2) is 28.8 Å². The third-order valence-electron chi connectivity index (χ3n) is 3.33. The van der Waals surface area contributed by atoms with E-state index in [-0.39, 0.29) is 17.9 Å². The van der Waals surface area contributed by atoms with Gasteiger partial charge in [-0.1, -0.05) is 38.1 Å². The Balaban J connectivity index is 1.79. The van der Waals surface area contributed by atoms with E-state index in [0.717, 1.165) is 5.56 Å². The number of hydrogen-bond acceptors (Lipinski definition) is 5. The summed E-state index contributed by atoms with van der Waals surface area (Å²) < 4.78 is 5.20. The first-order valence-corrected chi connectivity index (χ1v) is 7.71. The Bertz CT molecular complexity index is 659. The van der Waals surface area contributed by atoms with E-state index in [4.69, 9.17) is 9.63 Å². The standard InChI is InChI=1S/C17H23N3O3/c1-17(2,3)16-19-15(23-20-16)9-5-8-14(22)18-13-7-4-6-12(10-13)11-21/h4,6-7,10,21H,5,8-9,11H2,1-3H3,(H,18,22). The number of carbonyl (C=O) groups excluding carboxylic acids is 1. The first-order chi connectivity index (χ1) is 10.9. The minimum Gasteiger partial charge on any atom is -0.392 e. The molecule has 0 bridgehead atoms. The van der Waals surface area contributed by atoms with Crippen LogP contribution in [0.5, 0.6) is 0 Å². The Hall–Kier alpha value is -2.21. The van der Waals surface area contributed by atoms with Crippen LogP contribution in [0.25, 0.3) is 0 Å². The average molecular weight is 317 g/mol. The van der Waals surface area contributed by atoms with Crippen LogP contribution < -0.4 is 5.32 Å². The lowest BCUT2D eigenvalue weighted by atomic mass is 9.96. The van der Waals surface area contributed by atoms with Crippen LogP contribution in [0.4, 0.5) is 5.69 Å². The van der Waals surface area contributed by atoms with Crippen molar-refractivity contribution in [1.82, 2.24) is 10.1 Å². The largest absolute Gasteiger partial charge is 0.392 e. The Morgan fingerprint density at radius 2 is 2.13 bits per heavy atom. The lowest BCUT2D eigenvalue weighted by molar-refractivity contribution is -0.116. The van der Waals surface area contributed by atoms with Gasteiger partial charge < -0.3 is 14.9 Å². The molecule has 0 atom stereocenters. The van der Waals surface area contributed by atoms with E-state index in [1.165, 1.54) is 0 Å². The molecule has 0 unspecified atom stereocenters. The maximum absolute atomic E-state index is 11.9. The zero-order chi connectivity index (χ0) is 16.9. The fourth-order valence-corrected chi connectivity index (χ4v) is 2.03. The minimum absolute atomic E-state index is 0.0447. The first kappa shape index (κ1) is 17.1. The van der Waals surface area contributed by atoms with Gasteiger partial charge in [0.05, 0.1) is 6.61 Å². The van der Waals surface area contributed by atoms with Crippen molar-refractivity contribution in [3.63, 3.8) is 0 Å². The summed E-state index contributed by atoms with van der Waals surface area (Å²) in [5.74, 6) is 1.17. The number of aliphatic hydroxyl groups is 1. The molecule has 2 aromatic rings. The van der Waals surface area contributed by atoms with Gasteiger partial charge >= 0.3 is 0 Å². The van der Waals surface area contributed by atoms with E-state index in [1.54, 1.807) is 24.3 Å². The van der Waals surface area contributed by atoms with Crippen molar-refractivity contribution in [3.05, 3.63) is 41.5 Å². The molecular formula is C17H23N3O3. The van der Waals surface area contributed by atoms with Crippen molar-refractivity contribution in [1.29, 1.82) is 0 Å². The van der Waals surface area contributed by atoms with Gasteiger partial charge in [0.1, 0.15) is 0 Å². The number of amides is 1. The number of carbonyl (C=O) groups is 1. The summed E-state index contributed by atoms with van der Waals surface area (Å²) in [7, 11) is 0. The molecule has 1 heterocycles. The fourth-order valence-electron chi connectivity index (χ4n) is 2.03. The molecular weight excluding hydrogens is 294 g/mol. The van der Waals surface area contributed by atoms with Crippen molar-refractivity contribution < 1.29 is 14.4 Å². The van der Waals surface area contributed by atoms with Crippen molar-refractivity contribution in [3.8, 4) is 0 Å². The van der Waals surface area contributed by atoms with Gasteiger partial charge in [0, 0.05) is 23.9 Å². The summed E-state index contributed by atoms with van der Waals surface area (Å²) in [6.45, 7) is 6.03. The highest BCUT2D eigenvalue weighted by Crippen LogP contribution is 2.19. The second kappa shape index (κ2) is 7.37. The molecule has 6 heteroatoms. The molecule has 23 heavy (non-hydrogen) atoms. The van der Waals surface area contributed by atoms with E-state index in [1.807, 2.05) is 20.8 Å². The highest BCUT2D eigenvalue weighted by molar-refractivity contribution is 5.90. The quantitative estimate of drug-likeness (QED) is 0.855. The van der Waals surface area contributed by atoms with Gasteiger partial charge in [0.15, 0.2) is 5.82 Å². The van der Waals surface area contributed by atoms with Gasteiger partial charge in [-0.25, -0.2) is 0 Å². The molecule has 0 radical (unpaired) electrons. The molecule has 0 saturated carbocycles. The SMILES string of the molecule is CC(C)(C)c1noc(CCCC(=O)Nc2cccc(CO)c2)n1. The van der Waals surface area contributed by atoms with Crippen molar-refractivity contribution in [2.75, 3.05) is 5.32 Å². The Morgan fingerprint density at radius 3 is 2.78 bits per heavy atom. The lowest BCUT2D eigenvalue weighted by Gasteiger charge is -2.10. The number of nitrogens with zero attached hydrogens (tertiary/aromatic N) is 2. The molecule has 0 fully saturated rings. The molecule has 1 aromatic heterocycles. The third kappa shape index (κ3) is 5.17. The number of aliphatic hydroxyl groups excluding tert-OH is 1. The van der Waals surface area contributed by atoms with Gasteiger partial charge in [-0.2, -0.15) is 4.98 Å². The predicted molar refractivity (Wildman–Crippen MR) is 86.9 cm³/mol. The molecule has 2 N–H and O–H groups in total. The van der Waals surface area contributed by atoms with Crippen LogP contribution in [0, 0.1) is 0 Å². The summed E-state index contributed by atoms with van der Waals surface area (Å²) in [4.78, 5) is 16.3. The lowest BCUT2D eigenvalue weighted by Crippen LogP contribution is -2.13. The molecule has 0 spiro atoms. The zero-order valence-corrected chi connectivity index (χ0v) is 13.8. The van der Waals surface area contributed by atoms with Gasteiger partial charge in [-0.15, -0.1) is 0 Å². The van der Waals surface area contributed by atoms with Crippen LogP contribution in [0.1, 0.15) is 50.9 Å². The first-order valence-electron chi connectivity index (χ1n) is 7.71. The summed E-state index contributed by atoms with van der Waals surface area (Å²) in [6.07, 6.45) is 1.58. The molecule has 0 aliphatic heterocycles. The van der Waals surface area contributed by atoms with Gasteiger partial charge in [-0.3, -0.25) is 4.79 Å². The fraction of sp³-hybridized carbons (Fsp3) is 0.471. The molecule has 2 rings (SSSR count). The topological polar surface area (TPSA) is 88.2 Å². The highest BCUT2D eigenvalue weighted by atomic mass is 16.5. The van der Waals surface area contributed by atoms with Gasteiger partial charge in [0.25, 0.3) is 0 Å². The molecule has 0 aliphatic rings. The highest BCUT2D eigenvalue weighted by Gasteiger charge is 2.20. The van der Waals surface area contributed by atoms with Crippen molar-refractivity contribution in [2.45, 2.75) is 52.1 Å². The Morgan fingerprint density at radius 1 is 1.35 bits per heavy atom. The number of rotatable bonds is 6. The maximum atomic E-state index is 11.9. The monoisotopic (exact) mass is 317 g/mol. The average Bonchev–Trinajstić information content (AvgIpc) is 2.96. The van der Waals surface area contributed by atoms with E-state index < -0.39 is 0 Å². The number of anilines is 1. The minimum atomic E-state index is -0.142. The third-order valence-corrected chi connectivity index (χ3v) is 3.33. The zero-order valence-electron chi connectivity index (χ0n) is 13.8. The van der Waals surface area contributed by atoms with Crippen LogP contribution in [-0.2, 0) is 23.2 Å². The molecule has 1 amide bonds. The number of benzene rings is 1. The van der Waals surface area contributed by atoms with Crippen LogP contribution in [0.3, 0.4) is 0 Å². The van der Waals surface area contributed by atoms with Gasteiger partial charge in [0.2, 0.25) is 11.8 Å². The molecule has 6 nitrogen and oxygen atoms in total. The molecule has 0 aliphatic carbocycles. The Labute approximate surface area is 135 Å². The molecule has 0 saturated heterocycles. The summed E-state index contributed by atoms with van der Waals surface area (Å²) in [5.41, 5.74) is 1.31. The van der Waals surface area contributed by atoms with Crippen LogP contribution >= 0.6 is 0 Å². The van der Waals surface area contributed by atoms with Crippen LogP contribution in [-0.4, -0.2) is 21.2 Å². The summed E-state index contributed by atoms with van der Waals surface area (Å²) >= 11 is 0. The van der Waals surface area contributed by atoms with E-state index >= 15 is 0 Å². The number of aryl methyl sites for hydroxylation is 1. The second-order valence-corrected chi connectivity index (χ2v) is 6.52. The predicted octanol–water partition coefficient (Wildman–Crippen LogP) is 2.82. The summed E-state index contributed by atoms with van der Waals surface area (Å²) in [6, 6.07) is 7.15. The second-order valence-electron chi connectivity index (χ2n) is 6.52. The normalized spacial score (nSPS) is 11.5. The van der Waals surface area contributed by atoms with E-state index in [2.05, 4.69) is 15.5 Å². The number of nitrogens with one attached hydrogen (secondary N) is 1. The maximum Gasteiger partial charge on any atom is 0.226 e. The smallest absolute Gasteiger partial charge is 0.226 e. The van der Waals surface area contributed by atoms with Crippen molar-refractivity contribution >= 4 is 11.6 Å².